The average Bonchev–Trinajstić information content (AvgIpc) is 2.61. The molecule has 0 bridgehead atoms. The van der Waals surface area contributed by atoms with Gasteiger partial charge in [0.1, 0.15) is 0 Å². The van der Waals surface area contributed by atoms with Crippen LogP contribution in [-0.2, 0) is 20.0 Å². The highest BCUT2D eigenvalue weighted by Gasteiger charge is 2.36. The molecule has 152 valence electrons. The van der Waals surface area contributed by atoms with Crippen LogP contribution in [0.15, 0.2) is 34.1 Å². The van der Waals surface area contributed by atoms with Crippen LogP contribution in [0.1, 0.15) is 52.9 Å². The van der Waals surface area contributed by atoms with E-state index in [2.05, 4.69) is 6.92 Å². The van der Waals surface area contributed by atoms with E-state index in [4.69, 9.17) is 0 Å². The molecule has 0 N–H and O–H groups in total. The molecular weight excluding hydrogens is 384 g/mol. The molecule has 0 amide bonds. The Kier molecular flexibility index (Phi) is 6.01. The zero-order valence-corrected chi connectivity index (χ0v) is 18.0. The molecular formula is C19H30N2O4S2. The van der Waals surface area contributed by atoms with Crippen molar-refractivity contribution < 1.29 is 16.8 Å². The number of hydrogen-bond acceptors (Lipinski definition) is 4. The predicted octanol–water partition coefficient (Wildman–Crippen LogP) is 3.06. The van der Waals surface area contributed by atoms with Crippen molar-refractivity contribution in [3.63, 3.8) is 0 Å². The zero-order chi connectivity index (χ0) is 19.8. The highest BCUT2D eigenvalue weighted by Crippen LogP contribution is 2.30. The maximum absolute atomic E-state index is 13.1. The van der Waals surface area contributed by atoms with E-state index < -0.39 is 20.0 Å². The van der Waals surface area contributed by atoms with Crippen molar-refractivity contribution in [2.45, 2.75) is 74.7 Å². The fourth-order valence-corrected chi connectivity index (χ4v) is 7.77. The number of hydrogen-bond donors (Lipinski definition) is 0. The molecule has 2 fully saturated rings. The van der Waals surface area contributed by atoms with Gasteiger partial charge in [-0.25, -0.2) is 16.8 Å². The first-order valence-electron chi connectivity index (χ1n) is 9.78. The van der Waals surface area contributed by atoms with Gasteiger partial charge in [0.2, 0.25) is 20.0 Å². The number of nitrogens with zero attached hydrogens (tertiary/aromatic N) is 2. The SMILES string of the molecule is CC1CCCN(S(=O)(=O)c2ccc(S(=O)(=O)N3C(C)CCCC3C)cc2)C1. The van der Waals surface area contributed by atoms with Gasteiger partial charge in [0.05, 0.1) is 9.79 Å². The van der Waals surface area contributed by atoms with Crippen molar-refractivity contribution >= 4 is 20.0 Å². The molecule has 0 aliphatic carbocycles. The lowest BCUT2D eigenvalue weighted by Crippen LogP contribution is -2.47. The van der Waals surface area contributed by atoms with E-state index in [0.29, 0.717) is 19.0 Å². The van der Waals surface area contributed by atoms with Crippen molar-refractivity contribution in [3.8, 4) is 0 Å². The molecule has 3 rings (SSSR count). The zero-order valence-electron chi connectivity index (χ0n) is 16.3. The second-order valence-corrected chi connectivity index (χ2v) is 11.8. The van der Waals surface area contributed by atoms with Gasteiger partial charge in [0.25, 0.3) is 0 Å². The van der Waals surface area contributed by atoms with Crippen molar-refractivity contribution in [2.24, 2.45) is 5.92 Å². The van der Waals surface area contributed by atoms with E-state index in [-0.39, 0.29) is 21.9 Å². The summed E-state index contributed by atoms with van der Waals surface area (Å²) in [5.41, 5.74) is 0. The van der Waals surface area contributed by atoms with Crippen molar-refractivity contribution in [1.82, 2.24) is 8.61 Å². The van der Waals surface area contributed by atoms with Gasteiger partial charge in [-0.2, -0.15) is 8.61 Å². The maximum atomic E-state index is 13.1. The molecule has 0 saturated carbocycles. The van der Waals surface area contributed by atoms with Crippen molar-refractivity contribution in [1.29, 1.82) is 0 Å². The minimum Gasteiger partial charge on any atom is -0.207 e. The first kappa shape index (κ1) is 20.8. The summed E-state index contributed by atoms with van der Waals surface area (Å²) >= 11 is 0. The van der Waals surface area contributed by atoms with E-state index in [1.54, 1.807) is 4.31 Å². The molecule has 2 saturated heterocycles. The molecule has 3 unspecified atom stereocenters. The van der Waals surface area contributed by atoms with Gasteiger partial charge in [0.15, 0.2) is 0 Å². The molecule has 8 heteroatoms. The van der Waals surface area contributed by atoms with Gasteiger partial charge in [-0.1, -0.05) is 13.3 Å². The smallest absolute Gasteiger partial charge is 0.207 e. The predicted molar refractivity (Wildman–Crippen MR) is 105 cm³/mol. The summed E-state index contributed by atoms with van der Waals surface area (Å²) in [5, 5.41) is 0. The third kappa shape index (κ3) is 4.09. The fraction of sp³-hybridized carbons (Fsp3) is 0.684. The lowest BCUT2D eigenvalue weighted by atomic mass is 10.0. The molecule has 0 radical (unpaired) electrons. The number of rotatable bonds is 4. The van der Waals surface area contributed by atoms with Crippen LogP contribution in [0, 0.1) is 5.92 Å². The van der Waals surface area contributed by atoms with Gasteiger partial charge in [-0.05, 0) is 69.7 Å². The Morgan fingerprint density at radius 2 is 1.30 bits per heavy atom. The number of sulfonamides is 2. The fourth-order valence-electron chi connectivity index (χ4n) is 4.29. The van der Waals surface area contributed by atoms with E-state index in [0.717, 1.165) is 32.1 Å². The highest BCUT2D eigenvalue weighted by molar-refractivity contribution is 7.89. The van der Waals surface area contributed by atoms with Gasteiger partial charge >= 0.3 is 0 Å². The summed E-state index contributed by atoms with van der Waals surface area (Å²) in [6.07, 6.45) is 4.62. The summed E-state index contributed by atoms with van der Waals surface area (Å²) < 4.78 is 55.0. The topological polar surface area (TPSA) is 74.8 Å². The molecule has 6 nitrogen and oxygen atoms in total. The summed E-state index contributed by atoms with van der Waals surface area (Å²) in [6, 6.07) is 5.64. The van der Waals surface area contributed by atoms with Crippen LogP contribution in [0.3, 0.4) is 0 Å². The summed E-state index contributed by atoms with van der Waals surface area (Å²) in [7, 11) is -7.21. The molecule has 3 atom stereocenters. The first-order chi connectivity index (χ1) is 12.6. The van der Waals surface area contributed by atoms with Gasteiger partial charge in [-0.3, -0.25) is 0 Å². The molecule has 27 heavy (non-hydrogen) atoms. The van der Waals surface area contributed by atoms with Crippen LogP contribution in [0.4, 0.5) is 0 Å². The third-order valence-corrected chi connectivity index (χ3v) is 9.79. The lowest BCUT2D eigenvalue weighted by molar-refractivity contribution is 0.204. The largest absolute Gasteiger partial charge is 0.243 e. The standard InChI is InChI=1S/C19H30N2O4S2/c1-15-6-5-13-20(14-15)26(22,23)18-9-11-19(12-10-18)27(24,25)21-16(2)7-4-8-17(21)3/h9-12,15-17H,4-8,13-14H2,1-3H3. The van der Waals surface area contributed by atoms with Crippen LogP contribution in [-0.4, -0.2) is 50.6 Å². The maximum Gasteiger partial charge on any atom is 0.243 e. The Labute approximate surface area is 163 Å². The summed E-state index contributed by atoms with van der Waals surface area (Å²) in [4.78, 5) is 0.323. The number of benzene rings is 1. The van der Waals surface area contributed by atoms with Crippen LogP contribution in [0.25, 0.3) is 0 Å². The van der Waals surface area contributed by atoms with Crippen LogP contribution < -0.4 is 0 Å². The summed E-state index contributed by atoms with van der Waals surface area (Å²) in [6.45, 7) is 6.96. The van der Waals surface area contributed by atoms with Crippen LogP contribution >= 0.6 is 0 Å². The summed E-state index contributed by atoms with van der Waals surface area (Å²) in [5.74, 6) is 0.343. The molecule has 0 aromatic heterocycles. The van der Waals surface area contributed by atoms with Gasteiger partial charge in [0, 0.05) is 25.2 Å². The van der Waals surface area contributed by atoms with E-state index in [1.807, 2.05) is 13.8 Å². The molecule has 2 aliphatic heterocycles. The van der Waals surface area contributed by atoms with E-state index in [9.17, 15) is 16.8 Å². The Balaban J connectivity index is 1.86. The van der Waals surface area contributed by atoms with Crippen LogP contribution in [0.2, 0.25) is 0 Å². The average molecular weight is 415 g/mol. The van der Waals surface area contributed by atoms with Gasteiger partial charge < -0.3 is 0 Å². The Hall–Kier alpha value is -0.960. The minimum atomic E-state index is -3.63. The van der Waals surface area contributed by atoms with Gasteiger partial charge in [-0.15, -0.1) is 0 Å². The monoisotopic (exact) mass is 414 g/mol. The van der Waals surface area contributed by atoms with Crippen molar-refractivity contribution in [2.75, 3.05) is 13.1 Å². The lowest BCUT2D eigenvalue weighted by Gasteiger charge is -2.37. The van der Waals surface area contributed by atoms with Crippen LogP contribution in [0.5, 0.6) is 0 Å². The third-order valence-electron chi connectivity index (χ3n) is 5.77. The molecule has 1 aromatic rings. The second-order valence-electron chi connectivity index (χ2n) is 8.05. The minimum absolute atomic E-state index is 0.0444. The number of piperidine rings is 2. The Morgan fingerprint density at radius 1 is 0.778 bits per heavy atom. The van der Waals surface area contributed by atoms with E-state index in [1.165, 1.54) is 28.6 Å². The Bertz CT molecular complexity index is 855. The first-order valence-corrected chi connectivity index (χ1v) is 12.7. The van der Waals surface area contributed by atoms with Crippen molar-refractivity contribution in [3.05, 3.63) is 24.3 Å². The molecule has 2 heterocycles. The van der Waals surface area contributed by atoms with E-state index >= 15 is 0 Å². The highest BCUT2D eigenvalue weighted by atomic mass is 32.2. The molecule has 1 aromatic carbocycles. The quantitative estimate of drug-likeness (QED) is 0.759. The molecule has 0 spiro atoms. The molecule has 2 aliphatic rings. The second kappa shape index (κ2) is 7.81. The Morgan fingerprint density at radius 3 is 1.81 bits per heavy atom. The normalized spacial score (nSPS) is 28.9.